The lowest BCUT2D eigenvalue weighted by atomic mass is 9.79. The van der Waals surface area contributed by atoms with Crippen LogP contribution < -0.4 is 0 Å². The maximum Gasteiger partial charge on any atom is 0.222 e. The molecule has 0 unspecified atom stereocenters. The number of hydrogen-bond donors (Lipinski definition) is 2. The first-order valence-corrected chi connectivity index (χ1v) is 9.56. The van der Waals surface area contributed by atoms with Gasteiger partial charge in [-0.2, -0.15) is 0 Å². The summed E-state index contributed by atoms with van der Waals surface area (Å²) in [4.78, 5) is 18.6. The van der Waals surface area contributed by atoms with Crippen LogP contribution in [0.4, 0.5) is 0 Å². The number of pyridine rings is 1. The number of rotatable bonds is 5. The quantitative estimate of drug-likeness (QED) is 0.849. The summed E-state index contributed by atoms with van der Waals surface area (Å²) in [5.41, 5.74) is 2.02. The summed E-state index contributed by atoms with van der Waals surface area (Å²) in [5.74, 6) is 0.240. The fraction of sp³-hybridized carbons (Fsp3) is 0.455. The lowest BCUT2D eigenvalue weighted by molar-refractivity contribution is -0.134. The van der Waals surface area contributed by atoms with E-state index in [0.717, 1.165) is 19.3 Å². The van der Waals surface area contributed by atoms with Gasteiger partial charge in [-0.15, -0.1) is 0 Å². The molecule has 0 atom stereocenters. The molecule has 1 aliphatic rings. The van der Waals surface area contributed by atoms with Crippen LogP contribution in [0.3, 0.4) is 0 Å². The number of aryl methyl sites for hydroxylation is 2. The largest absolute Gasteiger partial charge is 0.506 e. The number of aromatic hydroxyl groups is 1. The minimum atomic E-state index is -0.976. The third-order valence-electron chi connectivity index (χ3n) is 5.70. The topological polar surface area (TPSA) is 73.7 Å². The average Bonchev–Trinajstić information content (AvgIpc) is 2.68. The van der Waals surface area contributed by atoms with E-state index < -0.39 is 5.60 Å². The van der Waals surface area contributed by atoms with E-state index in [1.807, 2.05) is 11.9 Å². The van der Waals surface area contributed by atoms with E-state index in [1.165, 1.54) is 17.3 Å². The molecule has 1 aromatic carbocycles. The molecule has 2 aromatic rings. The standard InChI is InChI=1S/C22H28N2O3/c1-16-3-5-17(6-4-16)7-10-21(26)24(2)18-11-13-22(27,14-12-18)20-9-8-19(25)15-23-20/h3-6,8-9,15,18,25,27H,7,10-14H2,1-2H3/t18-,22+. The van der Waals surface area contributed by atoms with Gasteiger partial charge in [0, 0.05) is 19.5 Å². The summed E-state index contributed by atoms with van der Waals surface area (Å²) in [6.07, 6.45) is 5.21. The second kappa shape index (κ2) is 8.09. The van der Waals surface area contributed by atoms with Crippen LogP contribution in [0, 0.1) is 6.92 Å². The van der Waals surface area contributed by atoms with Crippen molar-refractivity contribution in [1.82, 2.24) is 9.88 Å². The Kier molecular flexibility index (Phi) is 5.80. The smallest absolute Gasteiger partial charge is 0.222 e. The summed E-state index contributed by atoms with van der Waals surface area (Å²) in [6, 6.07) is 11.7. The van der Waals surface area contributed by atoms with Crippen LogP contribution in [0.1, 0.15) is 48.9 Å². The van der Waals surface area contributed by atoms with Crippen LogP contribution in [-0.2, 0) is 16.8 Å². The maximum atomic E-state index is 12.6. The fourth-order valence-electron chi connectivity index (χ4n) is 3.77. The molecule has 0 aliphatic heterocycles. The molecule has 0 radical (unpaired) electrons. The minimum absolute atomic E-state index is 0.0925. The van der Waals surface area contributed by atoms with Crippen LogP contribution in [0.5, 0.6) is 5.75 Å². The molecule has 1 amide bonds. The summed E-state index contributed by atoms with van der Waals surface area (Å²) in [7, 11) is 1.87. The number of amides is 1. The maximum absolute atomic E-state index is 12.6. The van der Waals surface area contributed by atoms with Gasteiger partial charge in [-0.05, 0) is 56.7 Å². The Hall–Kier alpha value is -2.40. The number of aromatic nitrogens is 1. The molecule has 5 nitrogen and oxygen atoms in total. The summed E-state index contributed by atoms with van der Waals surface area (Å²) < 4.78 is 0. The van der Waals surface area contributed by atoms with Gasteiger partial charge < -0.3 is 15.1 Å². The number of carbonyl (C=O) groups is 1. The monoisotopic (exact) mass is 368 g/mol. The molecule has 0 spiro atoms. The van der Waals surface area contributed by atoms with Gasteiger partial charge in [0.05, 0.1) is 11.9 Å². The third kappa shape index (κ3) is 4.66. The van der Waals surface area contributed by atoms with Crippen molar-refractivity contribution in [2.45, 2.75) is 57.1 Å². The van der Waals surface area contributed by atoms with E-state index in [4.69, 9.17) is 0 Å². The Morgan fingerprint density at radius 2 is 1.85 bits per heavy atom. The van der Waals surface area contributed by atoms with Gasteiger partial charge in [0.1, 0.15) is 11.4 Å². The number of carbonyl (C=O) groups excluding carboxylic acids is 1. The lowest BCUT2D eigenvalue weighted by Gasteiger charge is -2.39. The first kappa shape index (κ1) is 19.4. The molecular formula is C22H28N2O3. The third-order valence-corrected chi connectivity index (χ3v) is 5.70. The Morgan fingerprint density at radius 1 is 1.19 bits per heavy atom. The number of aliphatic hydroxyl groups is 1. The SMILES string of the molecule is Cc1ccc(CCC(=O)N(C)[C@H]2CC[C@](O)(c3ccc(O)cn3)CC2)cc1. The summed E-state index contributed by atoms with van der Waals surface area (Å²) >= 11 is 0. The van der Waals surface area contributed by atoms with Crippen molar-refractivity contribution in [3.63, 3.8) is 0 Å². The highest BCUT2D eigenvalue weighted by Crippen LogP contribution is 2.37. The van der Waals surface area contributed by atoms with Crippen molar-refractivity contribution in [1.29, 1.82) is 0 Å². The van der Waals surface area contributed by atoms with Gasteiger partial charge in [0.15, 0.2) is 0 Å². The first-order chi connectivity index (χ1) is 12.9. The molecule has 1 aromatic heterocycles. The predicted octanol–water partition coefficient (Wildman–Crippen LogP) is 3.32. The zero-order valence-electron chi connectivity index (χ0n) is 16.1. The highest BCUT2D eigenvalue weighted by Gasteiger charge is 2.37. The van der Waals surface area contributed by atoms with Crippen LogP contribution in [-0.4, -0.2) is 39.1 Å². The van der Waals surface area contributed by atoms with Gasteiger partial charge in [-0.3, -0.25) is 9.78 Å². The molecule has 1 aliphatic carbocycles. The minimum Gasteiger partial charge on any atom is -0.506 e. The lowest BCUT2D eigenvalue weighted by Crippen LogP contribution is -2.43. The summed E-state index contributed by atoms with van der Waals surface area (Å²) in [5, 5.41) is 20.3. The van der Waals surface area contributed by atoms with Crippen LogP contribution in [0.2, 0.25) is 0 Å². The normalized spacial score (nSPS) is 22.4. The second-order valence-electron chi connectivity index (χ2n) is 7.65. The first-order valence-electron chi connectivity index (χ1n) is 9.56. The second-order valence-corrected chi connectivity index (χ2v) is 7.65. The van der Waals surface area contributed by atoms with Crippen molar-refractivity contribution < 1.29 is 15.0 Å². The van der Waals surface area contributed by atoms with Crippen molar-refractivity contribution >= 4 is 5.91 Å². The van der Waals surface area contributed by atoms with E-state index in [2.05, 4.69) is 36.2 Å². The molecule has 5 heteroatoms. The molecule has 1 saturated carbocycles. The molecule has 2 N–H and O–H groups in total. The molecule has 0 bridgehead atoms. The average molecular weight is 368 g/mol. The molecule has 0 saturated heterocycles. The van der Waals surface area contributed by atoms with Gasteiger partial charge in [0.2, 0.25) is 5.91 Å². The zero-order valence-corrected chi connectivity index (χ0v) is 16.1. The van der Waals surface area contributed by atoms with Crippen LogP contribution in [0.25, 0.3) is 0 Å². The highest BCUT2D eigenvalue weighted by molar-refractivity contribution is 5.76. The van der Waals surface area contributed by atoms with Gasteiger partial charge in [0.25, 0.3) is 0 Å². The van der Waals surface area contributed by atoms with Gasteiger partial charge >= 0.3 is 0 Å². The van der Waals surface area contributed by atoms with Crippen molar-refractivity contribution in [3.8, 4) is 5.75 Å². The Morgan fingerprint density at radius 3 is 2.44 bits per heavy atom. The van der Waals surface area contributed by atoms with E-state index >= 15 is 0 Å². The van der Waals surface area contributed by atoms with E-state index in [1.54, 1.807) is 12.1 Å². The summed E-state index contributed by atoms with van der Waals surface area (Å²) in [6.45, 7) is 2.06. The van der Waals surface area contributed by atoms with E-state index in [9.17, 15) is 15.0 Å². The number of nitrogens with zero attached hydrogens (tertiary/aromatic N) is 2. The highest BCUT2D eigenvalue weighted by atomic mass is 16.3. The molecule has 144 valence electrons. The molecule has 3 rings (SSSR count). The Labute approximate surface area is 160 Å². The Bertz CT molecular complexity index is 763. The van der Waals surface area contributed by atoms with Crippen molar-refractivity contribution in [2.75, 3.05) is 7.05 Å². The van der Waals surface area contributed by atoms with Gasteiger partial charge in [-0.25, -0.2) is 0 Å². The van der Waals surface area contributed by atoms with Crippen molar-refractivity contribution in [3.05, 3.63) is 59.4 Å². The van der Waals surface area contributed by atoms with Crippen molar-refractivity contribution in [2.24, 2.45) is 0 Å². The zero-order chi connectivity index (χ0) is 19.4. The van der Waals surface area contributed by atoms with Gasteiger partial charge in [-0.1, -0.05) is 29.8 Å². The molecule has 1 fully saturated rings. The van der Waals surface area contributed by atoms with Crippen LogP contribution >= 0.6 is 0 Å². The molecule has 27 heavy (non-hydrogen) atoms. The van der Waals surface area contributed by atoms with Crippen LogP contribution in [0.15, 0.2) is 42.6 Å². The fourth-order valence-corrected chi connectivity index (χ4v) is 3.77. The van der Waals surface area contributed by atoms with E-state index in [-0.39, 0.29) is 17.7 Å². The Balaban J connectivity index is 1.52. The number of hydrogen-bond acceptors (Lipinski definition) is 4. The molecule has 1 heterocycles. The predicted molar refractivity (Wildman–Crippen MR) is 104 cm³/mol. The van der Waals surface area contributed by atoms with E-state index in [0.29, 0.717) is 25.0 Å². The molecular weight excluding hydrogens is 340 g/mol. The number of benzene rings is 1.